The maximum atomic E-state index is 10.3. The van der Waals surface area contributed by atoms with Crippen molar-refractivity contribution in [2.45, 2.75) is 33.1 Å². The molecule has 0 aromatic heterocycles. The summed E-state index contributed by atoms with van der Waals surface area (Å²) in [5.74, 6) is 0.395. The molecule has 100 valence electrons. The van der Waals surface area contributed by atoms with Crippen LogP contribution in [-0.4, -0.2) is 46.9 Å². The third-order valence-corrected chi connectivity index (χ3v) is 2.29. The van der Waals surface area contributed by atoms with Crippen molar-refractivity contribution < 1.29 is 19.8 Å². The highest BCUT2D eigenvalue weighted by atomic mass is 16.4. The highest BCUT2D eigenvalue weighted by Crippen LogP contribution is 2.07. The molecule has 1 saturated heterocycles. The lowest BCUT2D eigenvalue weighted by molar-refractivity contribution is 0.136. The first kappa shape index (κ1) is 15.5. The minimum absolute atomic E-state index is 0.395. The van der Waals surface area contributed by atoms with Crippen LogP contribution in [-0.2, 0) is 0 Å². The molecule has 1 fully saturated rings. The van der Waals surface area contributed by atoms with Gasteiger partial charge in [0.2, 0.25) is 0 Å². The zero-order valence-corrected chi connectivity index (χ0v) is 10.5. The predicted octanol–water partition coefficient (Wildman–Crippen LogP) is 2.06. The molecule has 0 aromatic rings. The van der Waals surface area contributed by atoms with Crippen molar-refractivity contribution in [1.29, 1.82) is 0 Å². The van der Waals surface area contributed by atoms with Crippen molar-refractivity contribution in [2.75, 3.05) is 19.6 Å². The fraction of sp³-hybridized carbons (Fsp3) is 0.818. The Labute approximate surface area is 102 Å². The maximum Gasteiger partial charge on any atom is 0.407 e. The molecule has 6 heteroatoms. The van der Waals surface area contributed by atoms with Gasteiger partial charge in [-0.25, -0.2) is 9.59 Å². The van der Waals surface area contributed by atoms with Crippen LogP contribution in [0, 0.1) is 5.92 Å². The Morgan fingerprint density at radius 3 is 1.94 bits per heavy atom. The van der Waals surface area contributed by atoms with Crippen molar-refractivity contribution in [3.05, 3.63) is 0 Å². The van der Waals surface area contributed by atoms with Crippen molar-refractivity contribution in [2.24, 2.45) is 5.92 Å². The highest BCUT2D eigenvalue weighted by molar-refractivity contribution is 5.65. The highest BCUT2D eigenvalue weighted by Gasteiger charge is 2.13. The van der Waals surface area contributed by atoms with Crippen LogP contribution >= 0.6 is 0 Å². The SMILES string of the molecule is CC(C)CNC(=O)O.O=C(O)N1CCCCC1. The van der Waals surface area contributed by atoms with Crippen LogP contribution < -0.4 is 5.32 Å². The van der Waals surface area contributed by atoms with Crippen molar-refractivity contribution in [3.63, 3.8) is 0 Å². The van der Waals surface area contributed by atoms with Crippen molar-refractivity contribution in [1.82, 2.24) is 10.2 Å². The standard InChI is InChI=1S/C6H11NO2.C5H11NO2/c8-6(9)7-4-2-1-3-5-7;1-4(2)3-6-5(7)8/h1-5H2,(H,8,9);4,6H,3H2,1-2H3,(H,7,8). The van der Waals surface area contributed by atoms with Crippen LogP contribution in [0.3, 0.4) is 0 Å². The molecule has 0 saturated carbocycles. The molecule has 0 atom stereocenters. The topological polar surface area (TPSA) is 89.9 Å². The molecule has 2 amide bonds. The molecule has 1 aliphatic heterocycles. The molecule has 17 heavy (non-hydrogen) atoms. The van der Waals surface area contributed by atoms with Gasteiger partial charge in [-0.1, -0.05) is 13.8 Å². The lowest BCUT2D eigenvalue weighted by Crippen LogP contribution is -2.34. The molecule has 0 aliphatic carbocycles. The summed E-state index contributed by atoms with van der Waals surface area (Å²) >= 11 is 0. The molecule has 0 aromatic carbocycles. The second kappa shape index (κ2) is 8.66. The Morgan fingerprint density at radius 1 is 1.18 bits per heavy atom. The van der Waals surface area contributed by atoms with Gasteiger partial charge in [-0.05, 0) is 25.2 Å². The van der Waals surface area contributed by atoms with Gasteiger partial charge < -0.3 is 20.4 Å². The van der Waals surface area contributed by atoms with Gasteiger partial charge in [-0.3, -0.25) is 0 Å². The summed E-state index contributed by atoms with van der Waals surface area (Å²) < 4.78 is 0. The summed E-state index contributed by atoms with van der Waals surface area (Å²) in [6.07, 6.45) is 1.54. The first-order valence-electron chi connectivity index (χ1n) is 5.88. The van der Waals surface area contributed by atoms with E-state index < -0.39 is 12.2 Å². The first-order chi connectivity index (χ1) is 7.93. The molecule has 1 heterocycles. The van der Waals surface area contributed by atoms with Crippen molar-refractivity contribution >= 4 is 12.2 Å². The van der Waals surface area contributed by atoms with Gasteiger partial charge in [-0.2, -0.15) is 0 Å². The summed E-state index contributed by atoms with van der Waals surface area (Å²) in [5.41, 5.74) is 0. The van der Waals surface area contributed by atoms with Gasteiger partial charge >= 0.3 is 12.2 Å². The average Bonchev–Trinajstić information content (AvgIpc) is 2.28. The van der Waals surface area contributed by atoms with E-state index in [4.69, 9.17) is 10.2 Å². The second-order valence-corrected chi connectivity index (χ2v) is 4.41. The predicted molar refractivity (Wildman–Crippen MR) is 64.3 cm³/mol. The minimum atomic E-state index is -0.946. The number of nitrogens with zero attached hydrogens (tertiary/aromatic N) is 1. The smallest absolute Gasteiger partial charge is 0.407 e. The van der Waals surface area contributed by atoms with E-state index in [2.05, 4.69) is 5.32 Å². The largest absolute Gasteiger partial charge is 0.465 e. The quantitative estimate of drug-likeness (QED) is 0.695. The lowest BCUT2D eigenvalue weighted by atomic mass is 10.1. The van der Waals surface area contributed by atoms with Crippen LogP contribution in [0.2, 0.25) is 0 Å². The number of amides is 2. The fourth-order valence-corrected chi connectivity index (χ4v) is 1.38. The maximum absolute atomic E-state index is 10.3. The molecule has 0 unspecified atom stereocenters. The van der Waals surface area contributed by atoms with Crippen LogP contribution in [0.4, 0.5) is 9.59 Å². The van der Waals surface area contributed by atoms with E-state index in [1.54, 1.807) is 0 Å². The minimum Gasteiger partial charge on any atom is -0.465 e. The molecule has 0 bridgehead atoms. The molecule has 1 aliphatic rings. The second-order valence-electron chi connectivity index (χ2n) is 4.41. The van der Waals surface area contributed by atoms with Crippen LogP contribution in [0.5, 0.6) is 0 Å². The van der Waals surface area contributed by atoms with E-state index in [1.807, 2.05) is 13.8 Å². The van der Waals surface area contributed by atoms with E-state index in [1.165, 1.54) is 11.3 Å². The molecule has 0 spiro atoms. The number of carbonyl (C=O) groups is 2. The van der Waals surface area contributed by atoms with E-state index >= 15 is 0 Å². The Bertz CT molecular complexity index is 238. The number of hydrogen-bond acceptors (Lipinski definition) is 2. The molecular formula is C11H22N2O4. The van der Waals surface area contributed by atoms with E-state index in [0.29, 0.717) is 12.5 Å². The monoisotopic (exact) mass is 246 g/mol. The first-order valence-corrected chi connectivity index (χ1v) is 5.88. The van der Waals surface area contributed by atoms with Crippen LogP contribution in [0.15, 0.2) is 0 Å². The molecule has 6 nitrogen and oxygen atoms in total. The third kappa shape index (κ3) is 9.47. The zero-order valence-electron chi connectivity index (χ0n) is 10.5. The Balaban J connectivity index is 0.000000304. The van der Waals surface area contributed by atoms with E-state index in [9.17, 15) is 9.59 Å². The van der Waals surface area contributed by atoms with Gasteiger partial charge in [0.25, 0.3) is 0 Å². The Morgan fingerprint density at radius 2 is 1.71 bits per heavy atom. The Hall–Kier alpha value is -1.46. The average molecular weight is 246 g/mol. The van der Waals surface area contributed by atoms with Gasteiger partial charge in [0, 0.05) is 19.6 Å². The van der Waals surface area contributed by atoms with Gasteiger partial charge in [0.1, 0.15) is 0 Å². The normalized spacial score (nSPS) is 14.9. The fourth-order valence-electron chi connectivity index (χ4n) is 1.38. The summed E-state index contributed by atoms with van der Waals surface area (Å²) in [5, 5.41) is 18.8. The number of hydrogen-bond donors (Lipinski definition) is 3. The number of nitrogens with one attached hydrogen (secondary N) is 1. The third-order valence-electron chi connectivity index (χ3n) is 2.29. The molecule has 0 radical (unpaired) electrons. The molecule has 1 rings (SSSR count). The van der Waals surface area contributed by atoms with Crippen LogP contribution in [0.25, 0.3) is 0 Å². The van der Waals surface area contributed by atoms with Gasteiger partial charge in [0.15, 0.2) is 0 Å². The summed E-state index contributed by atoms with van der Waals surface area (Å²) in [4.78, 5) is 21.5. The summed E-state index contributed by atoms with van der Waals surface area (Å²) in [6, 6.07) is 0. The zero-order chi connectivity index (χ0) is 13.3. The van der Waals surface area contributed by atoms with E-state index in [-0.39, 0.29) is 0 Å². The molecular weight excluding hydrogens is 224 g/mol. The molecule has 3 N–H and O–H groups in total. The van der Waals surface area contributed by atoms with Gasteiger partial charge in [0.05, 0.1) is 0 Å². The lowest BCUT2D eigenvalue weighted by Gasteiger charge is -2.22. The number of carboxylic acid groups (broad SMARTS) is 2. The van der Waals surface area contributed by atoms with Gasteiger partial charge in [-0.15, -0.1) is 0 Å². The van der Waals surface area contributed by atoms with Crippen LogP contribution in [0.1, 0.15) is 33.1 Å². The number of rotatable bonds is 2. The number of piperidine rings is 1. The number of likely N-dealkylation sites (tertiary alicyclic amines) is 1. The van der Waals surface area contributed by atoms with Crippen molar-refractivity contribution in [3.8, 4) is 0 Å². The summed E-state index contributed by atoms with van der Waals surface area (Å²) in [7, 11) is 0. The summed E-state index contributed by atoms with van der Waals surface area (Å²) in [6.45, 7) is 5.91. The Kier molecular flexibility index (Phi) is 7.92. The van der Waals surface area contributed by atoms with E-state index in [0.717, 1.165) is 25.9 Å².